The van der Waals surface area contributed by atoms with E-state index in [1.165, 1.54) is 6.07 Å². The molecule has 16 heavy (non-hydrogen) atoms. The third kappa shape index (κ3) is 3.62. The Kier molecular flexibility index (Phi) is 4.98. The first-order valence-electron chi connectivity index (χ1n) is 5.10. The lowest BCUT2D eigenvalue weighted by Crippen LogP contribution is -2.40. The van der Waals surface area contributed by atoms with Gasteiger partial charge in [-0.15, -0.1) is 0 Å². The fourth-order valence-corrected chi connectivity index (χ4v) is 2.45. The van der Waals surface area contributed by atoms with Gasteiger partial charge in [-0.05, 0) is 12.0 Å². The maximum absolute atomic E-state index is 11.8. The zero-order valence-electron chi connectivity index (χ0n) is 9.29. The quantitative estimate of drug-likeness (QED) is 0.649. The maximum Gasteiger partial charge on any atom is 0.268 e. The molecule has 1 atom stereocenters. The summed E-state index contributed by atoms with van der Waals surface area (Å²) in [6.45, 7) is 4.11. The molecule has 0 aliphatic rings. The van der Waals surface area contributed by atoms with Gasteiger partial charge in [0, 0.05) is 16.5 Å². The average molecular weight is 334 g/mol. The Balaban J connectivity index is 2.75. The van der Waals surface area contributed by atoms with Crippen molar-refractivity contribution in [3.05, 3.63) is 34.2 Å². The van der Waals surface area contributed by atoms with Crippen molar-refractivity contribution in [2.24, 2.45) is 5.92 Å². The monoisotopic (exact) mass is 334 g/mol. The molecule has 1 aromatic rings. The minimum Gasteiger partial charge on any atom is -0.347 e. The number of aromatic amines is 1. The first-order valence-corrected chi connectivity index (χ1v) is 6.63. The summed E-state index contributed by atoms with van der Waals surface area (Å²) in [5.74, 6) is 0.143. The standard InChI is InChI=1S/C11H15IN2O2/c1-7(2)9(6-12)14-11(16)8-4-3-5-10(15)13-8/h3-5,7,9H,6H2,1-2H3,(H,13,15)(H,14,16). The lowest BCUT2D eigenvalue weighted by atomic mass is 10.1. The number of nitrogens with one attached hydrogen (secondary N) is 2. The molecule has 5 heteroatoms. The predicted octanol–water partition coefficient (Wildman–Crippen LogP) is 1.56. The second-order valence-electron chi connectivity index (χ2n) is 3.91. The number of hydrogen-bond donors (Lipinski definition) is 2. The highest BCUT2D eigenvalue weighted by Gasteiger charge is 2.15. The Labute approximate surface area is 108 Å². The van der Waals surface area contributed by atoms with Crippen molar-refractivity contribution in [2.75, 3.05) is 4.43 Å². The number of rotatable bonds is 4. The number of hydrogen-bond acceptors (Lipinski definition) is 2. The van der Waals surface area contributed by atoms with Crippen LogP contribution in [0.15, 0.2) is 23.0 Å². The molecule has 1 aromatic heterocycles. The highest BCUT2D eigenvalue weighted by molar-refractivity contribution is 14.1. The number of halogens is 1. The number of alkyl halides is 1. The van der Waals surface area contributed by atoms with Crippen LogP contribution in [0.3, 0.4) is 0 Å². The van der Waals surface area contributed by atoms with Crippen molar-refractivity contribution in [3.8, 4) is 0 Å². The van der Waals surface area contributed by atoms with Gasteiger partial charge in [0.05, 0.1) is 0 Å². The molecule has 2 N–H and O–H groups in total. The number of carbonyl (C=O) groups excluding carboxylic acids is 1. The van der Waals surface area contributed by atoms with Crippen LogP contribution < -0.4 is 10.9 Å². The lowest BCUT2D eigenvalue weighted by Gasteiger charge is -2.19. The van der Waals surface area contributed by atoms with Crippen molar-refractivity contribution >= 4 is 28.5 Å². The molecule has 0 bridgehead atoms. The molecular formula is C11H15IN2O2. The summed E-state index contributed by atoms with van der Waals surface area (Å²) in [5.41, 5.74) is 0.0474. The average Bonchev–Trinajstić information content (AvgIpc) is 2.25. The molecule has 88 valence electrons. The van der Waals surface area contributed by atoms with Crippen molar-refractivity contribution in [3.63, 3.8) is 0 Å². The van der Waals surface area contributed by atoms with E-state index in [9.17, 15) is 9.59 Å². The Hall–Kier alpha value is -0.850. The van der Waals surface area contributed by atoms with E-state index >= 15 is 0 Å². The van der Waals surface area contributed by atoms with Gasteiger partial charge in [-0.2, -0.15) is 0 Å². The number of H-pyrrole nitrogens is 1. The van der Waals surface area contributed by atoms with Crippen molar-refractivity contribution in [1.82, 2.24) is 10.3 Å². The zero-order chi connectivity index (χ0) is 12.1. The van der Waals surface area contributed by atoms with Crippen molar-refractivity contribution in [2.45, 2.75) is 19.9 Å². The third-order valence-electron chi connectivity index (χ3n) is 2.30. The van der Waals surface area contributed by atoms with Crippen LogP contribution in [0.2, 0.25) is 0 Å². The topological polar surface area (TPSA) is 62.0 Å². The van der Waals surface area contributed by atoms with Crippen LogP contribution in [-0.2, 0) is 0 Å². The molecule has 0 radical (unpaired) electrons. The molecule has 1 unspecified atom stereocenters. The van der Waals surface area contributed by atoms with E-state index in [-0.39, 0.29) is 17.5 Å². The first-order chi connectivity index (χ1) is 7.54. The molecule has 0 spiro atoms. The summed E-state index contributed by atoms with van der Waals surface area (Å²) in [5, 5.41) is 2.89. The predicted molar refractivity (Wildman–Crippen MR) is 72.0 cm³/mol. The smallest absolute Gasteiger partial charge is 0.268 e. The van der Waals surface area contributed by atoms with Gasteiger partial charge in [0.15, 0.2) is 0 Å². The molecule has 0 saturated carbocycles. The highest BCUT2D eigenvalue weighted by atomic mass is 127. The minimum absolute atomic E-state index is 0.122. The molecule has 1 amide bonds. The molecule has 0 saturated heterocycles. The van der Waals surface area contributed by atoms with Crippen molar-refractivity contribution < 1.29 is 4.79 Å². The number of carbonyl (C=O) groups is 1. The fraction of sp³-hybridized carbons (Fsp3) is 0.455. The van der Waals surface area contributed by atoms with Crippen LogP contribution in [0.4, 0.5) is 0 Å². The summed E-state index contributed by atoms with van der Waals surface area (Å²) in [7, 11) is 0. The number of amides is 1. The molecule has 1 heterocycles. The molecule has 4 nitrogen and oxygen atoms in total. The summed E-state index contributed by atoms with van der Waals surface area (Å²) >= 11 is 2.24. The molecule has 0 aromatic carbocycles. The summed E-state index contributed by atoms with van der Waals surface area (Å²) < 4.78 is 0.845. The van der Waals surface area contributed by atoms with Gasteiger partial charge in [0.25, 0.3) is 5.91 Å². The SMILES string of the molecule is CC(C)C(CI)NC(=O)c1cccc(=O)[nH]1. The second-order valence-corrected chi connectivity index (χ2v) is 4.79. The van der Waals surface area contributed by atoms with E-state index in [4.69, 9.17) is 0 Å². The molecule has 0 aliphatic heterocycles. The summed E-state index contributed by atoms with van der Waals surface area (Å²) in [6.07, 6.45) is 0. The number of pyridine rings is 1. The summed E-state index contributed by atoms with van der Waals surface area (Å²) in [4.78, 5) is 25.3. The Bertz CT molecular complexity index is 414. The van der Waals surface area contributed by atoms with E-state index in [1.807, 2.05) is 0 Å². The van der Waals surface area contributed by atoms with E-state index in [0.29, 0.717) is 11.6 Å². The Morgan fingerprint density at radius 1 is 1.50 bits per heavy atom. The largest absolute Gasteiger partial charge is 0.347 e. The molecule has 0 aliphatic carbocycles. The minimum atomic E-state index is -0.261. The van der Waals surface area contributed by atoms with Gasteiger partial charge in [-0.3, -0.25) is 9.59 Å². The third-order valence-corrected chi connectivity index (χ3v) is 3.25. The van der Waals surface area contributed by atoms with Crippen LogP contribution in [0.25, 0.3) is 0 Å². The first kappa shape index (κ1) is 13.2. The van der Waals surface area contributed by atoms with Crippen molar-refractivity contribution in [1.29, 1.82) is 0 Å². The van der Waals surface area contributed by atoms with Gasteiger partial charge in [-0.25, -0.2) is 0 Å². The van der Waals surface area contributed by atoms with Crippen LogP contribution >= 0.6 is 22.6 Å². The second kappa shape index (κ2) is 6.03. The molecule has 1 rings (SSSR count). The van der Waals surface area contributed by atoms with E-state index in [0.717, 1.165) is 4.43 Å². The number of aromatic nitrogens is 1. The van der Waals surface area contributed by atoms with Gasteiger partial charge < -0.3 is 10.3 Å². The van der Waals surface area contributed by atoms with Gasteiger partial charge in [0.2, 0.25) is 5.56 Å². The Morgan fingerprint density at radius 3 is 2.69 bits per heavy atom. The molecular weight excluding hydrogens is 319 g/mol. The van der Waals surface area contributed by atoms with Crippen LogP contribution in [0.1, 0.15) is 24.3 Å². The lowest BCUT2D eigenvalue weighted by molar-refractivity contribution is 0.0927. The highest BCUT2D eigenvalue weighted by Crippen LogP contribution is 2.06. The molecule has 0 fully saturated rings. The van der Waals surface area contributed by atoms with E-state index in [1.54, 1.807) is 12.1 Å². The Morgan fingerprint density at radius 2 is 2.19 bits per heavy atom. The van der Waals surface area contributed by atoms with E-state index in [2.05, 4.69) is 46.7 Å². The summed E-state index contributed by atoms with van der Waals surface area (Å²) in [6, 6.07) is 4.68. The fourth-order valence-electron chi connectivity index (χ4n) is 1.21. The maximum atomic E-state index is 11.8. The van der Waals surface area contributed by atoms with Gasteiger partial charge in [0.1, 0.15) is 5.69 Å². The van der Waals surface area contributed by atoms with Crippen LogP contribution in [-0.4, -0.2) is 21.4 Å². The van der Waals surface area contributed by atoms with Gasteiger partial charge in [-0.1, -0.05) is 42.5 Å². The van der Waals surface area contributed by atoms with Gasteiger partial charge >= 0.3 is 0 Å². The normalized spacial score (nSPS) is 12.5. The van der Waals surface area contributed by atoms with Crippen LogP contribution in [0.5, 0.6) is 0 Å². The zero-order valence-corrected chi connectivity index (χ0v) is 11.4. The van der Waals surface area contributed by atoms with E-state index < -0.39 is 0 Å². The van der Waals surface area contributed by atoms with Crippen LogP contribution in [0, 0.1) is 5.92 Å².